The van der Waals surface area contributed by atoms with Gasteiger partial charge in [0.15, 0.2) is 5.78 Å². The fraction of sp³-hybridized carbons (Fsp3) is 0.591. The van der Waals surface area contributed by atoms with E-state index in [2.05, 4.69) is 0 Å². The summed E-state index contributed by atoms with van der Waals surface area (Å²) in [5.41, 5.74) is -1.22. The van der Waals surface area contributed by atoms with E-state index >= 15 is 0 Å². The van der Waals surface area contributed by atoms with Crippen LogP contribution in [0, 0.1) is 11.8 Å². The summed E-state index contributed by atoms with van der Waals surface area (Å²) in [6, 6.07) is 8.70. The number of carbonyl (C=O) groups is 3. The lowest BCUT2D eigenvalue weighted by Crippen LogP contribution is -2.55. The number of amides is 1. The Morgan fingerprint density at radius 1 is 1.11 bits per heavy atom. The third kappa shape index (κ3) is 4.12. The van der Waals surface area contributed by atoms with Crippen molar-refractivity contribution in [3.05, 3.63) is 35.9 Å². The first-order valence-corrected chi connectivity index (χ1v) is 10.2. The van der Waals surface area contributed by atoms with Gasteiger partial charge in [-0.25, -0.2) is 0 Å². The predicted octanol–water partition coefficient (Wildman–Crippen LogP) is 2.59. The molecular weight excluding hydrogens is 358 g/mol. The van der Waals surface area contributed by atoms with E-state index in [-0.39, 0.29) is 23.6 Å². The summed E-state index contributed by atoms with van der Waals surface area (Å²) in [6.07, 6.45) is 3.47. The minimum absolute atomic E-state index is 0.172. The van der Waals surface area contributed by atoms with Crippen molar-refractivity contribution in [2.45, 2.75) is 51.0 Å². The number of carbonyl (C=O) groups excluding carboxylic acids is 3. The van der Waals surface area contributed by atoms with Crippen LogP contribution >= 0.6 is 0 Å². The number of hydrogen-bond acceptors (Lipinski definition) is 5. The van der Waals surface area contributed by atoms with Crippen LogP contribution in [0.5, 0.6) is 0 Å². The quantitative estimate of drug-likeness (QED) is 0.620. The van der Waals surface area contributed by atoms with Crippen LogP contribution in [0.4, 0.5) is 0 Å². The SMILES string of the molecule is CCOC(=O)C1CCN(C(=O)C2CCCCC2(O)C(=O)c2ccccc2)CC1. The van der Waals surface area contributed by atoms with Crippen LogP contribution in [0.15, 0.2) is 30.3 Å². The first-order valence-electron chi connectivity index (χ1n) is 10.2. The zero-order valence-electron chi connectivity index (χ0n) is 16.4. The van der Waals surface area contributed by atoms with Gasteiger partial charge in [0.25, 0.3) is 0 Å². The molecule has 2 aliphatic rings. The Kier molecular flexibility index (Phi) is 6.50. The minimum Gasteiger partial charge on any atom is -0.466 e. The molecule has 1 amide bonds. The van der Waals surface area contributed by atoms with Gasteiger partial charge in [-0.15, -0.1) is 0 Å². The highest BCUT2D eigenvalue weighted by atomic mass is 16.5. The molecule has 2 atom stereocenters. The van der Waals surface area contributed by atoms with Crippen molar-refractivity contribution in [2.75, 3.05) is 19.7 Å². The van der Waals surface area contributed by atoms with Crippen LogP contribution in [0.25, 0.3) is 0 Å². The van der Waals surface area contributed by atoms with Crippen LogP contribution in [0.1, 0.15) is 55.8 Å². The Morgan fingerprint density at radius 2 is 1.79 bits per heavy atom. The number of rotatable bonds is 5. The Bertz CT molecular complexity index is 711. The van der Waals surface area contributed by atoms with Gasteiger partial charge in [-0.2, -0.15) is 0 Å². The van der Waals surface area contributed by atoms with E-state index in [9.17, 15) is 19.5 Å². The van der Waals surface area contributed by atoms with E-state index in [4.69, 9.17) is 4.74 Å². The van der Waals surface area contributed by atoms with Crippen LogP contribution in [0.2, 0.25) is 0 Å². The molecule has 2 fully saturated rings. The number of nitrogens with zero attached hydrogens (tertiary/aromatic N) is 1. The third-order valence-corrected chi connectivity index (χ3v) is 6.03. The first-order chi connectivity index (χ1) is 13.5. The van der Waals surface area contributed by atoms with Crippen molar-refractivity contribution >= 4 is 17.7 Å². The van der Waals surface area contributed by atoms with Crippen molar-refractivity contribution in [3.8, 4) is 0 Å². The predicted molar refractivity (Wildman–Crippen MR) is 104 cm³/mol. The Hall–Kier alpha value is -2.21. The van der Waals surface area contributed by atoms with E-state index in [1.807, 2.05) is 6.07 Å². The van der Waals surface area contributed by atoms with E-state index in [1.54, 1.807) is 36.1 Å². The molecule has 1 N–H and O–H groups in total. The fourth-order valence-electron chi connectivity index (χ4n) is 4.41. The normalized spacial score (nSPS) is 25.9. The summed E-state index contributed by atoms with van der Waals surface area (Å²) in [5.74, 6) is -1.65. The van der Waals surface area contributed by atoms with Crippen LogP contribution in [0.3, 0.4) is 0 Å². The zero-order chi connectivity index (χ0) is 20.1. The topological polar surface area (TPSA) is 83.9 Å². The molecule has 1 aliphatic heterocycles. The zero-order valence-corrected chi connectivity index (χ0v) is 16.4. The lowest BCUT2D eigenvalue weighted by atomic mass is 9.70. The van der Waals surface area contributed by atoms with Crippen LogP contribution < -0.4 is 0 Å². The molecule has 1 aromatic rings. The highest BCUT2D eigenvalue weighted by Gasteiger charge is 2.50. The number of benzene rings is 1. The molecule has 6 nitrogen and oxygen atoms in total. The van der Waals surface area contributed by atoms with Gasteiger partial charge >= 0.3 is 5.97 Å². The Morgan fingerprint density at radius 3 is 2.43 bits per heavy atom. The molecule has 3 rings (SSSR count). The molecule has 152 valence electrons. The van der Waals surface area contributed by atoms with Gasteiger partial charge < -0.3 is 14.7 Å². The van der Waals surface area contributed by atoms with Gasteiger partial charge in [0.05, 0.1) is 18.4 Å². The largest absolute Gasteiger partial charge is 0.466 e. The number of likely N-dealkylation sites (tertiary alicyclic amines) is 1. The van der Waals surface area contributed by atoms with Gasteiger partial charge in [0, 0.05) is 18.7 Å². The summed E-state index contributed by atoms with van der Waals surface area (Å²) in [6.45, 7) is 3.04. The molecule has 0 aromatic heterocycles. The molecule has 6 heteroatoms. The lowest BCUT2D eigenvalue weighted by Gasteiger charge is -2.41. The van der Waals surface area contributed by atoms with Crippen molar-refractivity contribution in [3.63, 3.8) is 0 Å². The average molecular weight is 387 g/mol. The lowest BCUT2D eigenvalue weighted by molar-refractivity contribution is -0.154. The summed E-state index contributed by atoms with van der Waals surface area (Å²) in [4.78, 5) is 39.9. The van der Waals surface area contributed by atoms with E-state index in [0.29, 0.717) is 50.9 Å². The second-order valence-corrected chi connectivity index (χ2v) is 7.77. The number of esters is 1. The molecule has 1 heterocycles. The highest BCUT2D eigenvalue weighted by Crippen LogP contribution is 2.38. The second kappa shape index (κ2) is 8.86. The number of Topliss-reactive ketones (excluding diaryl/α,β-unsaturated/α-hetero) is 1. The maximum absolute atomic E-state index is 13.2. The molecule has 0 spiro atoms. The maximum atomic E-state index is 13.2. The molecular formula is C22H29NO5. The smallest absolute Gasteiger partial charge is 0.309 e. The van der Waals surface area contributed by atoms with Crippen molar-refractivity contribution in [2.24, 2.45) is 11.8 Å². The van der Waals surface area contributed by atoms with Gasteiger partial charge in [0.2, 0.25) is 5.91 Å². The Balaban J connectivity index is 1.71. The van der Waals surface area contributed by atoms with E-state index < -0.39 is 11.5 Å². The maximum Gasteiger partial charge on any atom is 0.309 e. The van der Waals surface area contributed by atoms with E-state index in [0.717, 1.165) is 12.8 Å². The molecule has 1 aliphatic carbocycles. The average Bonchev–Trinajstić information content (AvgIpc) is 2.74. The number of piperidine rings is 1. The van der Waals surface area contributed by atoms with Crippen LogP contribution in [-0.4, -0.2) is 53.0 Å². The van der Waals surface area contributed by atoms with Crippen molar-refractivity contribution < 1.29 is 24.2 Å². The number of ether oxygens (including phenoxy) is 1. The monoisotopic (exact) mass is 387 g/mol. The molecule has 1 saturated heterocycles. The molecule has 2 unspecified atom stereocenters. The van der Waals surface area contributed by atoms with Crippen molar-refractivity contribution in [1.29, 1.82) is 0 Å². The molecule has 1 aromatic carbocycles. The minimum atomic E-state index is -1.66. The van der Waals surface area contributed by atoms with Crippen molar-refractivity contribution in [1.82, 2.24) is 4.90 Å². The number of aliphatic hydroxyl groups is 1. The van der Waals surface area contributed by atoms with Gasteiger partial charge in [-0.1, -0.05) is 43.2 Å². The summed E-state index contributed by atoms with van der Waals surface area (Å²) >= 11 is 0. The second-order valence-electron chi connectivity index (χ2n) is 7.77. The molecule has 28 heavy (non-hydrogen) atoms. The number of ketones is 1. The molecule has 1 saturated carbocycles. The van der Waals surface area contributed by atoms with Crippen LogP contribution in [-0.2, 0) is 14.3 Å². The van der Waals surface area contributed by atoms with Gasteiger partial charge in [-0.05, 0) is 32.6 Å². The summed E-state index contributed by atoms with van der Waals surface area (Å²) in [5, 5.41) is 11.3. The Labute approximate surface area is 165 Å². The number of hydrogen-bond donors (Lipinski definition) is 1. The third-order valence-electron chi connectivity index (χ3n) is 6.03. The molecule has 0 bridgehead atoms. The summed E-state index contributed by atoms with van der Waals surface area (Å²) < 4.78 is 5.08. The van der Waals surface area contributed by atoms with E-state index in [1.165, 1.54) is 0 Å². The molecule has 0 radical (unpaired) electrons. The summed E-state index contributed by atoms with van der Waals surface area (Å²) in [7, 11) is 0. The van der Waals surface area contributed by atoms with Gasteiger partial charge in [-0.3, -0.25) is 14.4 Å². The first kappa shape index (κ1) is 20.5. The standard InChI is InChI=1S/C22H29NO5/c1-2-28-21(26)17-11-14-23(15-12-17)20(25)18-10-6-7-13-22(18,27)19(24)16-8-4-3-5-9-16/h3-5,8-9,17-18,27H,2,6-7,10-15H2,1H3. The highest BCUT2D eigenvalue weighted by molar-refractivity contribution is 6.05. The van der Waals surface area contributed by atoms with Gasteiger partial charge in [0.1, 0.15) is 5.60 Å². The fourth-order valence-corrected chi connectivity index (χ4v) is 4.41.